The van der Waals surface area contributed by atoms with Gasteiger partial charge in [-0.2, -0.15) is 0 Å². The van der Waals surface area contributed by atoms with Gasteiger partial charge in [0.15, 0.2) is 5.82 Å². The summed E-state index contributed by atoms with van der Waals surface area (Å²) >= 11 is 0. The summed E-state index contributed by atoms with van der Waals surface area (Å²) in [6.07, 6.45) is 3.56. The molecular formula is C18H29FN4O2. The van der Waals surface area contributed by atoms with Crippen LogP contribution in [0.25, 0.3) is 0 Å². The molecule has 1 saturated heterocycles. The molecule has 1 fully saturated rings. The molecule has 1 aliphatic heterocycles. The molecule has 2 rings (SSSR count). The number of halogens is 1. The highest BCUT2D eigenvalue weighted by atomic mass is 19.1. The van der Waals surface area contributed by atoms with Crippen LogP contribution in [0.4, 0.5) is 4.39 Å². The second-order valence-electron chi connectivity index (χ2n) is 7.12. The minimum absolute atomic E-state index is 0.0671. The van der Waals surface area contributed by atoms with E-state index in [0.29, 0.717) is 19.6 Å². The number of aromatic nitrogens is 1. The summed E-state index contributed by atoms with van der Waals surface area (Å²) in [5, 5.41) is 10.5. The molecule has 1 unspecified atom stereocenters. The Bertz CT molecular complexity index is 562. The fraction of sp³-hybridized carbons (Fsp3) is 0.667. The largest absolute Gasteiger partial charge is 0.392 e. The average Bonchev–Trinajstić information content (AvgIpc) is 2.60. The second kappa shape index (κ2) is 9.22. The van der Waals surface area contributed by atoms with Gasteiger partial charge in [-0.15, -0.1) is 0 Å². The maximum atomic E-state index is 13.7. The fourth-order valence-corrected chi connectivity index (χ4v) is 3.14. The van der Waals surface area contributed by atoms with Gasteiger partial charge in [0.25, 0.3) is 5.91 Å². The molecule has 0 radical (unpaired) electrons. The van der Waals surface area contributed by atoms with Gasteiger partial charge in [0, 0.05) is 38.9 Å². The van der Waals surface area contributed by atoms with Crippen LogP contribution < -0.4 is 0 Å². The maximum absolute atomic E-state index is 13.7. The number of carbonyl (C=O) groups is 1. The number of likely N-dealkylation sites (N-methyl/N-ethyl adjacent to an activating group) is 2. The van der Waals surface area contributed by atoms with Crippen molar-refractivity contribution in [2.24, 2.45) is 5.92 Å². The van der Waals surface area contributed by atoms with Gasteiger partial charge >= 0.3 is 0 Å². The van der Waals surface area contributed by atoms with Crippen LogP contribution in [0.2, 0.25) is 0 Å². The topological polar surface area (TPSA) is 59.9 Å². The predicted molar refractivity (Wildman–Crippen MR) is 94.9 cm³/mol. The van der Waals surface area contributed by atoms with Crippen molar-refractivity contribution < 1.29 is 14.3 Å². The molecule has 1 aromatic rings. The van der Waals surface area contributed by atoms with Crippen molar-refractivity contribution in [3.05, 3.63) is 29.8 Å². The van der Waals surface area contributed by atoms with Gasteiger partial charge in [0.05, 0.1) is 17.9 Å². The maximum Gasteiger partial charge on any atom is 0.256 e. The molecule has 2 heterocycles. The minimum Gasteiger partial charge on any atom is -0.392 e. The summed E-state index contributed by atoms with van der Waals surface area (Å²) in [6, 6.07) is 1.41. The van der Waals surface area contributed by atoms with Crippen LogP contribution in [-0.4, -0.2) is 90.7 Å². The van der Waals surface area contributed by atoms with Gasteiger partial charge in [-0.1, -0.05) is 0 Å². The number of aliphatic hydroxyl groups excluding tert-OH is 1. The van der Waals surface area contributed by atoms with Gasteiger partial charge in [0.1, 0.15) is 0 Å². The highest BCUT2D eigenvalue weighted by Crippen LogP contribution is 2.23. The van der Waals surface area contributed by atoms with E-state index >= 15 is 0 Å². The number of piperidine rings is 1. The molecule has 1 atom stereocenters. The van der Waals surface area contributed by atoms with Crippen molar-refractivity contribution >= 4 is 5.91 Å². The van der Waals surface area contributed by atoms with E-state index in [2.05, 4.69) is 14.8 Å². The lowest BCUT2D eigenvalue weighted by Crippen LogP contribution is -2.44. The summed E-state index contributed by atoms with van der Waals surface area (Å²) in [4.78, 5) is 22.0. The van der Waals surface area contributed by atoms with Crippen molar-refractivity contribution in [1.82, 2.24) is 19.7 Å². The Labute approximate surface area is 149 Å². The van der Waals surface area contributed by atoms with Crippen LogP contribution in [0.3, 0.4) is 0 Å². The Hall–Kier alpha value is -1.57. The van der Waals surface area contributed by atoms with Crippen LogP contribution in [0.15, 0.2) is 18.5 Å². The predicted octanol–water partition coefficient (Wildman–Crippen LogP) is 0.927. The first kappa shape index (κ1) is 19.8. The summed E-state index contributed by atoms with van der Waals surface area (Å²) in [5.41, 5.74) is 0.0671. The van der Waals surface area contributed by atoms with E-state index in [0.717, 1.165) is 32.1 Å². The van der Waals surface area contributed by atoms with Crippen LogP contribution >= 0.6 is 0 Å². The number of likely N-dealkylation sites (tertiary alicyclic amines) is 1. The third-order valence-electron chi connectivity index (χ3n) is 4.80. The Morgan fingerprint density at radius 3 is 2.64 bits per heavy atom. The molecule has 0 bridgehead atoms. The molecule has 140 valence electrons. The lowest BCUT2D eigenvalue weighted by Gasteiger charge is -2.35. The van der Waals surface area contributed by atoms with E-state index in [1.165, 1.54) is 12.3 Å². The number of carbonyl (C=O) groups excluding carboxylic acids is 1. The van der Waals surface area contributed by atoms with E-state index < -0.39 is 11.9 Å². The van der Waals surface area contributed by atoms with Gasteiger partial charge in [-0.3, -0.25) is 9.78 Å². The van der Waals surface area contributed by atoms with E-state index in [-0.39, 0.29) is 17.4 Å². The summed E-state index contributed by atoms with van der Waals surface area (Å²) in [6.45, 7) is 3.58. The lowest BCUT2D eigenvalue weighted by atomic mass is 9.90. The lowest BCUT2D eigenvalue weighted by molar-refractivity contribution is 0.0320. The van der Waals surface area contributed by atoms with E-state index in [1.807, 2.05) is 21.1 Å². The normalized spacial score (nSPS) is 17.3. The number of rotatable bonds is 7. The monoisotopic (exact) mass is 352 g/mol. The standard InChI is InChI=1S/C18H29FN4O2/c1-21(2)10-11-22(3)13-17(24)14-5-8-23(9-6-14)18(25)15-4-7-20-12-16(15)19/h4,7,12,14,17,24H,5-6,8-11,13H2,1-3H3. The van der Waals surface area contributed by atoms with Gasteiger partial charge < -0.3 is 19.8 Å². The number of hydrogen-bond acceptors (Lipinski definition) is 5. The molecule has 0 saturated carbocycles. The number of pyridine rings is 1. The van der Waals surface area contributed by atoms with Crippen LogP contribution in [0, 0.1) is 11.7 Å². The van der Waals surface area contributed by atoms with Crippen molar-refractivity contribution in [3.63, 3.8) is 0 Å². The van der Waals surface area contributed by atoms with Crippen LogP contribution in [-0.2, 0) is 0 Å². The highest BCUT2D eigenvalue weighted by molar-refractivity contribution is 5.94. The Balaban J connectivity index is 1.81. The molecule has 1 amide bonds. The minimum atomic E-state index is -0.586. The molecule has 7 heteroatoms. The Morgan fingerprint density at radius 1 is 1.36 bits per heavy atom. The summed E-state index contributed by atoms with van der Waals surface area (Å²) in [5.74, 6) is -0.707. The molecule has 1 aromatic heterocycles. The van der Waals surface area contributed by atoms with Crippen molar-refractivity contribution in [3.8, 4) is 0 Å². The molecule has 0 spiro atoms. The number of amides is 1. The van der Waals surface area contributed by atoms with Crippen molar-refractivity contribution in [2.75, 3.05) is 53.9 Å². The third kappa shape index (κ3) is 5.73. The van der Waals surface area contributed by atoms with Gasteiger partial charge in [-0.05, 0) is 46.0 Å². The average molecular weight is 352 g/mol. The van der Waals surface area contributed by atoms with Crippen molar-refractivity contribution in [1.29, 1.82) is 0 Å². The summed E-state index contributed by atoms with van der Waals surface area (Å²) < 4.78 is 13.7. The third-order valence-corrected chi connectivity index (χ3v) is 4.80. The summed E-state index contributed by atoms with van der Waals surface area (Å²) in [7, 11) is 6.07. The van der Waals surface area contributed by atoms with Crippen LogP contribution in [0.1, 0.15) is 23.2 Å². The molecule has 1 N–H and O–H groups in total. The first-order valence-corrected chi connectivity index (χ1v) is 8.78. The molecule has 25 heavy (non-hydrogen) atoms. The van der Waals surface area contributed by atoms with E-state index in [4.69, 9.17) is 0 Å². The number of hydrogen-bond donors (Lipinski definition) is 1. The smallest absolute Gasteiger partial charge is 0.256 e. The van der Waals surface area contributed by atoms with Crippen molar-refractivity contribution in [2.45, 2.75) is 18.9 Å². The second-order valence-corrected chi connectivity index (χ2v) is 7.12. The molecule has 6 nitrogen and oxygen atoms in total. The number of aliphatic hydroxyl groups is 1. The van der Waals surface area contributed by atoms with E-state index in [1.54, 1.807) is 4.90 Å². The fourth-order valence-electron chi connectivity index (χ4n) is 3.14. The SMILES string of the molecule is CN(C)CCN(C)CC(O)C1CCN(C(=O)c2ccncc2F)CC1. The Morgan fingerprint density at radius 2 is 2.04 bits per heavy atom. The molecule has 0 aromatic carbocycles. The Kier molecular flexibility index (Phi) is 7.28. The molecule has 1 aliphatic rings. The first-order valence-electron chi connectivity index (χ1n) is 8.78. The van der Waals surface area contributed by atoms with E-state index in [9.17, 15) is 14.3 Å². The first-order chi connectivity index (χ1) is 11.9. The number of nitrogens with zero attached hydrogens (tertiary/aromatic N) is 4. The zero-order chi connectivity index (χ0) is 18.4. The highest BCUT2D eigenvalue weighted by Gasteiger charge is 2.29. The molecule has 0 aliphatic carbocycles. The molecular weight excluding hydrogens is 323 g/mol. The quantitative estimate of drug-likeness (QED) is 0.791. The zero-order valence-electron chi connectivity index (χ0n) is 15.4. The van der Waals surface area contributed by atoms with Crippen LogP contribution in [0.5, 0.6) is 0 Å². The van der Waals surface area contributed by atoms with Gasteiger partial charge in [-0.25, -0.2) is 4.39 Å². The zero-order valence-corrected chi connectivity index (χ0v) is 15.4. The van der Waals surface area contributed by atoms with Gasteiger partial charge in [0.2, 0.25) is 0 Å².